The second-order valence-electron chi connectivity index (χ2n) is 6.72. The summed E-state index contributed by atoms with van der Waals surface area (Å²) < 4.78 is 0. The maximum Gasteiger partial charge on any atom is 0.227 e. The summed E-state index contributed by atoms with van der Waals surface area (Å²) >= 11 is 0. The number of carbonyl (C=O) groups is 3. The first kappa shape index (κ1) is 18.8. The van der Waals surface area contributed by atoms with E-state index in [0.29, 0.717) is 17.7 Å². The summed E-state index contributed by atoms with van der Waals surface area (Å²) in [5.41, 5.74) is 3.33. The Morgan fingerprint density at radius 1 is 1.00 bits per heavy atom. The fourth-order valence-corrected chi connectivity index (χ4v) is 3.17. The molecule has 1 saturated heterocycles. The Labute approximate surface area is 159 Å². The third kappa shape index (κ3) is 4.82. The van der Waals surface area contributed by atoms with Crippen molar-refractivity contribution in [3.8, 4) is 0 Å². The summed E-state index contributed by atoms with van der Waals surface area (Å²) in [5.74, 6) is -0.0912. The highest BCUT2D eigenvalue weighted by Gasteiger charge is 2.21. The van der Waals surface area contributed by atoms with Gasteiger partial charge in [-0.15, -0.1) is 0 Å². The zero-order valence-electron chi connectivity index (χ0n) is 15.5. The van der Waals surface area contributed by atoms with Gasteiger partial charge in [0.2, 0.25) is 11.8 Å². The minimum atomic E-state index is -0.196. The highest BCUT2D eigenvalue weighted by molar-refractivity contribution is 6.00. The van der Waals surface area contributed by atoms with E-state index < -0.39 is 0 Å². The van der Waals surface area contributed by atoms with E-state index in [1.807, 2.05) is 36.4 Å². The lowest BCUT2D eigenvalue weighted by Crippen LogP contribution is -2.23. The van der Waals surface area contributed by atoms with Gasteiger partial charge in [-0.25, -0.2) is 0 Å². The molecule has 2 amide bonds. The maximum absolute atomic E-state index is 12.2. The number of carbonyl (C=O) groups excluding carboxylic acids is 3. The minimum absolute atomic E-state index is 0.0318. The summed E-state index contributed by atoms with van der Waals surface area (Å²) in [6.45, 7) is 2.81. The molecule has 0 radical (unpaired) electrons. The van der Waals surface area contributed by atoms with E-state index in [0.717, 1.165) is 25.1 Å². The number of anilines is 2. The number of benzene rings is 2. The zero-order chi connectivity index (χ0) is 19.2. The van der Waals surface area contributed by atoms with E-state index in [4.69, 9.17) is 0 Å². The van der Waals surface area contributed by atoms with Crippen LogP contribution in [0.4, 0.5) is 11.4 Å². The van der Waals surface area contributed by atoms with Gasteiger partial charge in [-0.1, -0.05) is 31.2 Å². The lowest BCUT2D eigenvalue weighted by atomic mass is 10.0. The Balaban J connectivity index is 1.50. The highest BCUT2D eigenvalue weighted by Crippen LogP contribution is 2.23. The SMILES string of the molecule is CCc1ccc(C(=O)CCC(=O)Nc2ccc(N3CCCC3=O)cc2)cc1. The average molecular weight is 364 g/mol. The maximum atomic E-state index is 12.2. The van der Waals surface area contributed by atoms with Crippen molar-refractivity contribution in [2.45, 2.75) is 39.0 Å². The van der Waals surface area contributed by atoms with E-state index in [1.54, 1.807) is 17.0 Å². The molecule has 2 aromatic carbocycles. The van der Waals surface area contributed by atoms with Gasteiger partial charge in [0.05, 0.1) is 0 Å². The van der Waals surface area contributed by atoms with Crippen LogP contribution in [0.5, 0.6) is 0 Å². The summed E-state index contributed by atoms with van der Waals surface area (Å²) in [6.07, 6.45) is 2.72. The van der Waals surface area contributed by atoms with Crippen molar-refractivity contribution in [2.75, 3.05) is 16.8 Å². The van der Waals surface area contributed by atoms with Gasteiger partial charge >= 0.3 is 0 Å². The van der Waals surface area contributed by atoms with Gasteiger partial charge in [0, 0.05) is 42.7 Å². The van der Waals surface area contributed by atoms with Crippen LogP contribution < -0.4 is 10.2 Å². The monoisotopic (exact) mass is 364 g/mol. The summed E-state index contributed by atoms with van der Waals surface area (Å²) in [5, 5.41) is 2.80. The molecule has 27 heavy (non-hydrogen) atoms. The molecule has 1 fully saturated rings. The molecule has 5 heteroatoms. The van der Waals surface area contributed by atoms with Gasteiger partial charge in [0.25, 0.3) is 0 Å². The number of ketones is 1. The van der Waals surface area contributed by atoms with Gasteiger partial charge in [-0.3, -0.25) is 14.4 Å². The number of Topliss-reactive ketones (excluding diaryl/α,β-unsaturated/α-hetero) is 1. The lowest BCUT2D eigenvalue weighted by molar-refractivity contribution is -0.117. The van der Waals surface area contributed by atoms with Crippen molar-refractivity contribution < 1.29 is 14.4 Å². The standard InChI is InChI=1S/C22H24N2O3/c1-2-16-5-7-17(8-6-16)20(25)13-14-21(26)23-18-9-11-19(12-10-18)24-15-3-4-22(24)27/h5-12H,2-4,13-15H2,1H3,(H,23,26). The Bertz CT molecular complexity index is 826. The Kier molecular flexibility index (Phi) is 6.01. The van der Waals surface area contributed by atoms with Crippen molar-refractivity contribution >= 4 is 29.0 Å². The van der Waals surface area contributed by atoms with Crippen LogP contribution in [-0.4, -0.2) is 24.1 Å². The number of amides is 2. The molecule has 0 saturated carbocycles. The molecule has 1 aliphatic heterocycles. The molecule has 0 aromatic heterocycles. The van der Waals surface area contributed by atoms with E-state index in [1.165, 1.54) is 5.56 Å². The molecule has 0 atom stereocenters. The second-order valence-corrected chi connectivity index (χ2v) is 6.72. The fourth-order valence-electron chi connectivity index (χ4n) is 3.17. The van der Waals surface area contributed by atoms with Crippen molar-refractivity contribution in [2.24, 2.45) is 0 Å². The zero-order valence-corrected chi connectivity index (χ0v) is 15.5. The molecule has 3 rings (SSSR count). The van der Waals surface area contributed by atoms with Crippen LogP contribution in [0.25, 0.3) is 0 Å². The summed E-state index contributed by atoms with van der Waals surface area (Å²) in [4.78, 5) is 37.8. The predicted molar refractivity (Wildman–Crippen MR) is 106 cm³/mol. The number of aryl methyl sites for hydroxylation is 1. The quantitative estimate of drug-likeness (QED) is 0.756. The Morgan fingerprint density at radius 3 is 2.30 bits per heavy atom. The summed E-state index contributed by atoms with van der Waals surface area (Å²) in [7, 11) is 0. The molecule has 1 aliphatic rings. The van der Waals surface area contributed by atoms with Crippen LogP contribution in [0.15, 0.2) is 48.5 Å². The lowest BCUT2D eigenvalue weighted by Gasteiger charge is -2.16. The Morgan fingerprint density at radius 2 is 1.70 bits per heavy atom. The van der Waals surface area contributed by atoms with Crippen LogP contribution in [0.1, 0.15) is 48.5 Å². The largest absolute Gasteiger partial charge is 0.326 e. The topological polar surface area (TPSA) is 66.5 Å². The van der Waals surface area contributed by atoms with Gasteiger partial charge in [-0.2, -0.15) is 0 Å². The van der Waals surface area contributed by atoms with Gasteiger partial charge in [-0.05, 0) is 42.7 Å². The fraction of sp³-hybridized carbons (Fsp3) is 0.318. The van der Waals surface area contributed by atoms with Crippen molar-refractivity contribution in [1.29, 1.82) is 0 Å². The molecule has 140 valence electrons. The van der Waals surface area contributed by atoms with E-state index in [2.05, 4.69) is 12.2 Å². The average Bonchev–Trinajstić information content (AvgIpc) is 3.12. The molecule has 5 nitrogen and oxygen atoms in total. The van der Waals surface area contributed by atoms with E-state index >= 15 is 0 Å². The highest BCUT2D eigenvalue weighted by atomic mass is 16.2. The molecule has 1 N–H and O–H groups in total. The second kappa shape index (κ2) is 8.62. The van der Waals surface area contributed by atoms with Gasteiger partial charge in [0.1, 0.15) is 0 Å². The third-order valence-corrected chi connectivity index (χ3v) is 4.80. The molecule has 1 heterocycles. The van der Waals surface area contributed by atoms with E-state index in [9.17, 15) is 14.4 Å². The molecule has 0 aliphatic carbocycles. The molecular formula is C22H24N2O3. The van der Waals surface area contributed by atoms with Crippen LogP contribution in [-0.2, 0) is 16.0 Å². The van der Waals surface area contributed by atoms with Gasteiger partial charge < -0.3 is 10.2 Å². The number of hydrogen-bond donors (Lipinski definition) is 1. The normalized spacial score (nSPS) is 13.7. The first-order chi connectivity index (χ1) is 13.1. The Hall–Kier alpha value is -2.95. The molecule has 0 spiro atoms. The van der Waals surface area contributed by atoms with Crippen molar-refractivity contribution in [3.63, 3.8) is 0 Å². The smallest absolute Gasteiger partial charge is 0.227 e. The number of nitrogens with zero attached hydrogens (tertiary/aromatic N) is 1. The van der Waals surface area contributed by atoms with Crippen LogP contribution in [0.2, 0.25) is 0 Å². The van der Waals surface area contributed by atoms with Gasteiger partial charge in [0.15, 0.2) is 5.78 Å². The molecule has 0 unspecified atom stereocenters. The van der Waals surface area contributed by atoms with E-state index in [-0.39, 0.29) is 30.4 Å². The van der Waals surface area contributed by atoms with Crippen molar-refractivity contribution in [1.82, 2.24) is 0 Å². The first-order valence-corrected chi connectivity index (χ1v) is 9.39. The molecule has 0 bridgehead atoms. The predicted octanol–water partition coefficient (Wildman–Crippen LogP) is 3.98. The molecular weight excluding hydrogens is 340 g/mol. The van der Waals surface area contributed by atoms with Crippen LogP contribution in [0.3, 0.4) is 0 Å². The summed E-state index contributed by atoms with van der Waals surface area (Å²) in [6, 6.07) is 14.8. The van der Waals surface area contributed by atoms with Crippen molar-refractivity contribution in [3.05, 3.63) is 59.7 Å². The molecule has 2 aromatic rings. The number of hydrogen-bond acceptors (Lipinski definition) is 3. The first-order valence-electron chi connectivity index (χ1n) is 9.39. The minimum Gasteiger partial charge on any atom is -0.326 e. The number of nitrogens with one attached hydrogen (secondary N) is 1. The van der Waals surface area contributed by atoms with Crippen LogP contribution in [0, 0.1) is 0 Å². The third-order valence-electron chi connectivity index (χ3n) is 4.80. The number of rotatable bonds is 7. The van der Waals surface area contributed by atoms with Crippen LogP contribution >= 0.6 is 0 Å².